The molecule has 0 N–H and O–H groups in total. The molecule has 2 amide bonds. The molecule has 0 atom stereocenters. The second kappa shape index (κ2) is 4.88. The minimum Gasteiger partial charge on any atom is -0.377 e. The van der Waals surface area contributed by atoms with Gasteiger partial charge in [0.05, 0.1) is 6.54 Å². The van der Waals surface area contributed by atoms with Crippen LogP contribution >= 0.6 is 0 Å². The van der Waals surface area contributed by atoms with Crippen molar-refractivity contribution in [3.8, 4) is 0 Å². The lowest BCUT2D eigenvalue weighted by Gasteiger charge is -2.30. The van der Waals surface area contributed by atoms with Gasteiger partial charge in [-0.2, -0.15) is 0 Å². The lowest BCUT2D eigenvalue weighted by Crippen LogP contribution is -2.54. The van der Waals surface area contributed by atoms with Crippen LogP contribution in [0.5, 0.6) is 0 Å². The Bertz CT molecular complexity index is 290. The number of carbonyl (C=O) groups excluding carboxylic acids is 3. The maximum absolute atomic E-state index is 11.4. The van der Waals surface area contributed by atoms with Crippen LogP contribution in [-0.4, -0.2) is 67.8 Å². The first-order chi connectivity index (χ1) is 7.06. The van der Waals surface area contributed by atoms with Crippen molar-refractivity contribution < 1.29 is 19.1 Å². The second-order valence-corrected chi connectivity index (χ2v) is 3.43. The molecule has 0 aromatic heterocycles. The molecule has 1 fully saturated rings. The Labute approximate surface area is 87.8 Å². The highest BCUT2D eigenvalue weighted by Gasteiger charge is 2.30. The highest BCUT2D eigenvalue weighted by atomic mass is 16.5. The normalized spacial score (nSPS) is 17.2. The Hall–Kier alpha value is -1.43. The fourth-order valence-corrected chi connectivity index (χ4v) is 1.34. The number of piperazine rings is 1. The zero-order valence-corrected chi connectivity index (χ0v) is 8.86. The van der Waals surface area contributed by atoms with Gasteiger partial charge in [-0.25, -0.2) is 0 Å². The number of amides is 2. The number of hydrogen-bond acceptors (Lipinski definition) is 4. The third-order valence-corrected chi connectivity index (χ3v) is 2.19. The van der Waals surface area contributed by atoms with E-state index < -0.39 is 11.8 Å². The van der Waals surface area contributed by atoms with Crippen LogP contribution in [0.1, 0.15) is 0 Å². The standard InChI is InChI=1S/C9H14N2O4/c1-10-3-4-11(9(14)8(10)13)5-7(12)6-15-2/h3-6H2,1-2H3. The van der Waals surface area contributed by atoms with E-state index in [4.69, 9.17) is 0 Å². The van der Waals surface area contributed by atoms with E-state index in [-0.39, 0.29) is 18.9 Å². The minimum atomic E-state index is -0.617. The molecule has 1 saturated heterocycles. The van der Waals surface area contributed by atoms with Gasteiger partial charge in [0, 0.05) is 27.2 Å². The summed E-state index contributed by atoms with van der Waals surface area (Å²) in [4.78, 5) is 36.5. The summed E-state index contributed by atoms with van der Waals surface area (Å²) in [6.07, 6.45) is 0. The first-order valence-electron chi connectivity index (χ1n) is 4.61. The molecule has 15 heavy (non-hydrogen) atoms. The van der Waals surface area contributed by atoms with Crippen molar-refractivity contribution in [2.45, 2.75) is 0 Å². The van der Waals surface area contributed by atoms with Crippen molar-refractivity contribution in [1.82, 2.24) is 9.80 Å². The molecule has 0 bridgehead atoms. The molecule has 1 aliphatic heterocycles. The third kappa shape index (κ3) is 2.76. The van der Waals surface area contributed by atoms with E-state index in [1.807, 2.05) is 0 Å². The van der Waals surface area contributed by atoms with Gasteiger partial charge in [-0.05, 0) is 0 Å². The predicted molar refractivity (Wildman–Crippen MR) is 51.1 cm³/mol. The van der Waals surface area contributed by atoms with Crippen LogP contribution in [0.15, 0.2) is 0 Å². The van der Waals surface area contributed by atoms with E-state index in [1.54, 1.807) is 7.05 Å². The van der Waals surface area contributed by atoms with Crippen LogP contribution < -0.4 is 0 Å². The average Bonchev–Trinajstić information content (AvgIpc) is 2.20. The van der Waals surface area contributed by atoms with E-state index in [2.05, 4.69) is 4.74 Å². The summed E-state index contributed by atoms with van der Waals surface area (Å²) in [5.41, 5.74) is 0. The molecule has 1 aliphatic rings. The van der Waals surface area contributed by atoms with Crippen LogP contribution in [0.25, 0.3) is 0 Å². The summed E-state index contributed by atoms with van der Waals surface area (Å²) >= 11 is 0. The van der Waals surface area contributed by atoms with E-state index in [0.29, 0.717) is 13.1 Å². The van der Waals surface area contributed by atoms with Crippen LogP contribution in [0.2, 0.25) is 0 Å². The molecule has 0 unspecified atom stereocenters. The predicted octanol–water partition coefficient (Wildman–Crippen LogP) is -1.50. The van der Waals surface area contributed by atoms with Crippen LogP contribution in [0.4, 0.5) is 0 Å². The molecule has 1 rings (SSSR count). The fourth-order valence-electron chi connectivity index (χ4n) is 1.34. The highest BCUT2D eigenvalue weighted by molar-refractivity contribution is 6.35. The molecule has 0 aliphatic carbocycles. The third-order valence-electron chi connectivity index (χ3n) is 2.19. The maximum Gasteiger partial charge on any atom is 0.312 e. The molecule has 84 valence electrons. The van der Waals surface area contributed by atoms with Crippen LogP contribution in [0, 0.1) is 0 Å². The van der Waals surface area contributed by atoms with Gasteiger partial charge in [0.15, 0.2) is 5.78 Å². The van der Waals surface area contributed by atoms with Crippen molar-refractivity contribution in [3.63, 3.8) is 0 Å². The highest BCUT2D eigenvalue weighted by Crippen LogP contribution is 2.02. The van der Waals surface area contributed by atoms with Gasteiger partial charge < -0.3 is 14.5 Å². The van der Waals surface area contributed by atoms with Gasteiger partial charge in [0.25, 0.3) is 0 Å². The first-order valence-corrected chi connectivity index (χ1v) is 4.61. The summed E-state index contributed by atoms with van der Waals surface area (Å²) in [7, 11) is 2.98. The molecule has 6 nitrogen and oxygen atoms in total. The molecule has 0 radical (unpaired) electrons. The fraction of sp³-hybridized carbons (Fsp3) is 0.667. The number of ether oxygens (including phenoxy) is 1. The molecule has 6 heteroatoms. The summed E-state index contributed by atoms with van der Waals surface area (Å²) < 4.78 is 4.65. The van der Waals surface area contributed by atoms with Crippen molar-refractivity contribution >= 4 is 17.6 Å². The van der Waals surface area contributed by atoms with E-state index in [9.17, 15) is 14.4 Å². The zero-order valence-electron chi connectivity index (χ0n) is 8.86. The monoisotopic (exact) mass is 214 g/mol. The van der Waals surface area contributed by atoms with Crippen LogP contribution in [-0.2, 0) is 19.1 Å². The molecular weight excluding hydrogens is 200 g/mol. The molecule has 0 spiro atoms. The second-order valence-electron chi connectivity index (χ2n) is 3.43. The SMILES string of the molecule is COCC(=O)CN1CCN(C)C(=O)C1=O. The number of Topliss-reactive ketones (excluding diaryl/α,β-unsaturated/α-hetero) is 1. The molecule has 0 aromatic rings. The van der Waals surface area contributed by atoms with Gasteiger partial charge in [-0.15, -0.1) is 0 Å². The number of likely N-dealkylation sites (N-methyl/N-ethyl adjacent to an activating group) is 1. The van der Waals surface area contributed by atoms with Crippen molar-refractivity contribution in [2.75, 3.05) is 40.4 Å². The topological polar surface area (TPSA) is 66.9 Å². The van der Waals surface area contributed by atoms with Crippen molar-refractivity contribution in [3.05, 3.63) is 0 Å². The summed E-state index contributed by atoms with van der Waals surface area (Å²) in [6, 6.07) is 0. The van der Waals surface area contributed by atoms with Crippen molar-refractivity contribution in [2.24, 2.45) is 0 Å². The van der Waals surface area contributed by atoms with Gasteiger partial charge >= 0.3 is 11.8 Å². The first kappa shape index (κ1) is 11.6. The van der Waals surface area contributed by atoms with E-state index in [0.717, 1.165) is 0 Å². The lowest BCUT2D eigenvalue weighted by molar-refractivity contribution is -0.155. The Morgan fingerprint density at radius 2 is 2.00 bits per heavy atom. The quantitative estimate of drug-likeness (QED) is 0.534. The molecule has 1 heterocycles. The smallest absolute Gasteiger partial charge is 0.312 e. The molecular formula is C9H14N2O4. The van der Waals surface area contributed by atoms with Gasteiger partial charge in [-0.1, -0.05) is 0 Å². The number of nitrogens with zero attached hydrogens (tertiary/aromatic N) is 2. The minimum absolute atomic E-state index is 0.0339. The Morgan fingerprint density at radius 1 is 1.33 bits per heavy atom. The van der Waals surface area contributed by atoms with E-state index >= 15 is 0 Å². The number of ketones is 1. The molecule has 0 saturated carbocycles. The lowest BCUT2D eigenvalue weighted by atomic mass is 10.2. The Kier molecular flexibility index (Phi) is 3.79. The van der Waals surface area contributed by atoms with E-state index in [1.165, 1.54) is 16.9 Å². The number of hydrogen-bond donors (Lipinski definition) is 0. The van der Waals surface area contributed by atoms with Crippen LogP contribution in [0.3, 0.4) is 0 Å². The average molecular weight is 214 g/mol. The Morgan fingerprint density at radius 3 is 2.60 bits per heavy atom. The Balaban J connectivity index is 2.53. The summed E-state index contributed by atoms with van der Waals surface area (Å²) in [5, 5.41) is 0. The number of carbonyl (C=O) groups is 3. The van der Waals surface area contributed by atoms with Gasteiger partial charge in [-0.3, -0.25) is 14.4 Å². The van der Waals surface area contributed by atoms with Gasteiger partial charge in [0.2, 0.25) is 0 Å². The molecule has 0 aromatic carbocycles. The zero-order chi connectivity index (χ0) is 11.4. The summed E-state index contributed by atoms with van der Waals surface area (Å²) in [5.74, 6) is -1.39. The van der Waals surface area contributed by atoms with Gasteiger partial charge in [0.1, 0.15) is 6.61 Å². The summed E-state index contributed by atoms with van der Waals surface area (Å²) in [6.45, 7) is 0.779. The van der Waals surface area contributed by atoms with Crippen molar-refractivity contribution in [1.29, 1.82) is 0 Å². The number of rotatable bonds is 4. The maximum atomic E-state index is 11.4. The number of methoxy groups -OCH3 is 1. The largest absolute Gasteiger partial charge is 0.377 e.